The largest absolute Gasteiger partial charge is 0.223 e. The molecule has 0 saturated heterocycles. The third-order valence-electron chi connectivity index (χ3n) is 1.82. The summed E-state index contributed by atoms with van der Waals surface area (Å²) in [6.45, 7) is 0. The fraction of sp³-hybridized carbons (Fsp3) is 0.100. The minimum atomic E-state index is -1.09. The summed E-state index contributed by atoms with van der Waals surface area (Å²) in [7, 11) is 0. The molecule has 0 spiro atoms. The Balaban J connectivity index is 3.70. The van der Waals surface area contributed by atoms with Gasteiger partial charge in [0.15, 0.2) is 11.5 Å². The number of nitriles is 4. The second-order valence-corrected chi connectivity index (χ2v) is 2.65. The maximum atomic E-state index is 13.4. The molecular formula is C10H2FN5. The van der Waals surface area contributed by atoms with Crippen LogP contribution in [0.2, 0.25) is 0 Å². The van der Waals surface area contributed by atoms with Crippen LogP contribution in [-0.2, 0) is 6.42 Å². The number of nitrogens with zero attached hydrogens (tertiary/aromatic N) is 5. The van der Waals surface area contributed by atoms with Gasteiger partial charge >= 0.3 is 0 Å². The summed E-state index contributed by atoms with van der Waals surface area (Å²) in [6.07, 6.45) is -0.304. The molecule has 0 aliphatic carbocycles. The third kappa shape index (κ3) is 1.64. The average Bonchev–Trinajstić information content (AvgIpc) is 2.30. The molecule has 74 valence electrons. The first kappa shape index (κ1) is 11.1. The lowest BCUT2D eigenvalue weighted by Crippen LogP contribution is -2.04. The average molecular weight is 211 g/mol. The molecule has 0 fully saturated rings. The summed E-state index contributed by atoms with van der Waals surface area (Å²) < 4.78 is 13.4. The number of hydrogen-bond donors (Lipinski definition) is 0. The van der Waals surface area contributed by atoms with Crippen molar-refractivity contribution in [2.24, 2.45) is 0 Å². The predicted molar refractivity (Wildman–Crippen MR) is 47.7 cm³/mol. The SMILES string of the molecule is N#CCc1c(C#N)nc(C#N)c(F)c1C#N. The maximum Gasteiger partial charge on any atom is 0.179 e. The van der Waals surface area contributed by atoms with Crippen LogP contribution >= 0.6 is 0 Å². The molecule has 0 unspecified atom stereocenters. The van der Waals surface area contributed by atoms with E-state index in [4.69, 9.17) is 21.0 Å². The number of pyridine rings is 1. The van der Waals surface area contributed by atoms with E-state index in [1.54, 1.807) is 12.1 Å². The molecule has 5 nitrogen and oxygen atoms in total. The van der Waals surface area contributed by atoms with E-state index in [1.165, 1.54) is 12.1 Å². The standard InChI is InChI=1S/C10H2FN5/c11-10-7(3-13)6(1-2-12)8(4-14)16-9(10)5-15/h1H2. The van der Waals surface area contributed by atoms with E-state index in [0.717, 1.165) is 0 Å². The topological polar surface area (TPSA) is 108 Å². The van der Waals surface area contributed by atoms with Gasteiger partial charge in [0.25, 0.3) is 0 Å². The van der Waals surface area contributed by atoms with Crippen LogP contribution in [0.3, 0.4) is 0 Å². The monoisotopic (exact) mass is 211 g/mol. The van der Waals surface area contributed by atoms with Gasteiger partial charge in [-0.1, -0.05) is 0 Å². The summed E-state index contributed by atoms with van der Waals surface area (Å²) in [5.74, 6) is -1.09. The van der Waals surface area contributed by atoms with Gasteiger partial charge in [-0.2, -0.15) is 21.0 Å². The van der Waals surface area contributed by atoms with Crippen LogP contribution in [0.15, 0.2) is 0 Å². The van der Waals surface area contributed by atoms with E-state index in [0.29, 0.717) is 0 Å². The van der Waals surface area contributed by atoms with Crippen LogP contribution in [0.25, 0.3) is 0 Å². The van der Waals surface area contributed by atoms with Gasteiger partial charge in [-0.3, -0.25) is 0 Å². The van der Waals surface area contributed by atoms with Gasteiger partial charge < -0.3 is 0 Å². The van der Waals surface area contributed by atoms with E-state index in [1.807, 2.05) is 0 Å². The molecule has 6 heteroatoms. The Hall–Kier alpha value is -2.96. The molecule has 16 heavy (non-hydrogen) atoms. The second kappa shape index (κ2) is 4.51. The normalized spacial score (nSPS) is 8.31. The van der Waals surface area contributed by atoms with Gasteiger partial charge in [-0.05, 0) is 0 Å². The van der Waals surface area contributed by atoms with Crippen molar-refractivity contribution in [3.05, 3.63) is 28.3 Å². The minimum Gasteiger partial charge on any atom is -0.223 e. The van der Waals surface area contributed by atoms with Gasteiger partial charge in [0.2, 0.25) is 0 Å². The van der Waals surface area contributed by atoms with Crippen LogP contribution in [0.4, 0.5) is 4.39 Å². The van der Waals surface area contributed by atoms with Crippen LogP contribution < -0.4 is 0 Å². The lowest BCUT2D eigenvalue weighted by Gasteiger charge is -2.03. The molecule has 0 saturated carbocycles. The van der Waals surface area contributed by atoms with Gasteiger partial charge in [0.05, 0.1) is 18.1 Å². The molecule has 0 atom stereocenters. The lowest BCUT2D eigenvalue weighted by atomic mass is 10.0. The van der Waals surface area contributed by atoms with Crippen molar-refractivity contribution in [2.45, 2.75) is 6.42 Å². The molecule has 1 heterocycles. The Bertz CT molecular complexity index is 607. The summed E-state index contributed by atoms with van der Waals surface area (Å²) in [5.41, 5.74) is -1.43. The molecule has 0 aliphatic heterocycles. The Morgan fingerprint density at radius 3 is 2.06 bits per heavy atom. The Morgan fingerprint density at radius 1 is 1.00 bits per heavy atom. The first-order chi connectivity index (χ1) is 7.69. The quantitative estimate of drug-likeness (QED) is 0.685. The lowest BCUT2D eigenvalue weighted by molar-refractivity contribution is 0.609. The molecule has 1 rings (SSSR count). The molecule has 0 bridgehead atoms. The van der Waals surface area contributed by atoms with Crippen molar-refractivity contribution in [1.29, 1.82) is 21.0 Å². The Labute approximate surface area is 90.2 Å². The highest BCUT2D eigenvalue weighted by Crippen LogP contribution is 2.18. The Morgan fingerprint density at radius 2 is 1.62 bits per heavy atom. The van der Waals surface area contributed by atoms with Crippen molar-refractivity contribution >= 4 is 0 Å². The zero-order valence-electron chi connectivity index (χ0n) is 7.82. The number of aromatic nitrogens is 1. The molecule has 1 aromatic heterocycles. The van der Waals surface area contributed by atoms with Crippen molar-refractivity contribution < 1.29 is 4.39 Å². The van der Waals surface area contributed by atoms with E-state index < -0.39 is 17.1 Å². The highest BCUT2D eigenvalue weighted by Gasteiger charge is 2.19. The third-order valence-corrected chi connectivity index (χ3v) is 1.82. The molecule has 0 aromatic carbocycles. The summed E-state index contributed by atoms with van der Waals surface area (Å²) in [4.78, 5) is 3.44. The van der Waals surface area contributed by atoms with E-state index >= 15 is 0 Å². The zero-order valence-corrected chi connectivity index (χ0v) is 7.82. The Kier molecular flexibility index (Phi) is 3.13. The zero-order chi connectivity index (χ0) is 12.1. The predicted octanol–water partition coefficient (Wildman–Crippen LogP) is 0.902. The summed E-state index contributed by atoms with van der Waals surface area (Å²) in [6, 6.07) is 6.30. The maximum absolute atomic E-state index is 13.4. The molecule has 0 N–H and O–H groups in total. The highest BCUT2D eigenvalue weighted by atomic mass is 19.1. The van der Waals surface area contributed by atoms with E-state index in [2.05, 4.69) is 4.98 Å². The number of rotatable bonds is 1. The smallest absolute Gasteiger partial charge is 0.179 e. The van der Waals surface area contributed by atoms with Crippen LogP contribution in [-0.4, -0.2) is 4.98 Å². The van der Waals surface area contributed by atoms with Gasteiger partial charge in [0.1, 0.15) is 23.9 Å². The van der Waals surface area contributed by atoms with Gasteiger partial charge in [-0.25, -0.2) is 9.37 Å². The first-order valence-electron chi connectivity index (χ1n) is 3.99. The molecule has 0 aliphatic rings. The highest BCUT2D eigenvalue weighted by molar-refractivity contribution is 5.50. The molecular weight excluding hydrogens is 209 g/mol. The molecule has 0 radical (unpaired) electrons. The first-order valence-corrected chi connectivity index (χ1v) is 3.99. The molecule has 0 amide bonds. The fourth-order valence-electron chi connectivity index (χ4n) is 1.13. The van der Waals surface area contributed by atoms with Crippen LogP contribution in [0.5, 0.6) is 0 Å². The van der Waals surface area contributed by atoms with Gasteiger partial charge in [-0.15, -0.1) is 0 Å². The number of hydrogen-bond acceptors (Lipinski definition) is 5. The van der Waals surface area contributed by atoms with Gasteiger partial charge in [0, 0.05) is 5.56 Å². The van der Waals surface area contributed by atoms with E-state index in [9.17, 15) is 4.39 Å². The van der Waals surface area contributed by atoms with E-state index in [-0.39, 0.29) is 17.7 Å². The van der Waals surface area contributed by atoms with Crippen molar-refractivity contribution in [2.75, 3.05) is 0 Å². The van der Waals surface area contributed by atoms with Crippen molar-refractivity contribution in [1.82, 2.24) is 4.98 Å². The molecule has 1 aromatic rings. The fourth-order valence-corrected chi connectivity index (χ4v) is 1.13. The number of halogens is 1. The summed E-state index contributed by atoms with van der Waals surface area (Å²) in [5, 5.41) is 34.5. The van der Waals surface area contributed by atoms with Crippen molar-refractivity contribution in [3.8, 4) is 24.3 Å². The minimum absolute atomic E-state index is 0.0796. The van der Waals surface area contributed by atoms with Crippen molar-refractivity contribution in [3.63, 3.8) is 0 Å². The van der Waals surface area contributed by atoms with Crippen LogP contribution in [0, 0.1) is 51.1 Å². The summed E-state index contributed by atoms with van der Waals surface area (Å²) >= 11 is 0. The second-order valence-electron chi connectivity index (χ2n) is 2.65. The van der Waals surface area contributed by atoms with Crippen LogP contribution in [0.1, 0.15) is 22.5 Å².